The Bertz CT molecular complexity index is 1700. The number of likely N-dealkylation sites (tertiary alicyclic amines) is 1. The monoisotopic (exact) mass is 546 g/mol. The molecule has 41 heavy (non-hydrogen) atoms. The number of nitrogen functional groups attached to an aromatic ring is 1. The highest BCUT2D eigenvalue weighted by Crippen LogP contribution is 2.32. The Kier molecular flexibility index (Phi) is 6.91. The second-order valence-electron chi connectivity index (χ2n) is 11.6. The predicted octanol–water partition coefficient (Wildman–Crippen LogP) is 6.98. The Hall–Kier alpha value is -4.72. The van der Waals surface area contributed by atoms with E-state index in [1.165, 1.54) is 5.56 Å². The fourth-order valence-corrected chi connectivity index (χ4v) is 5.26. The molecular weight excluding hydrogens is 512 g/mol. The highest BCUT2D eigenvalue weighted by Gasteiger charge is 2.28. The van der Waals surface area contributed by atoms with E-state index in [9.17, 15) is 4.79 Å². The molecule has 1 amide bonds. The van der Waals surface area contributed by atoms with Crippen LogP contribution in [0, 0.1) is 0 Å². The van der Waals surface area contributed by atoms with E-state index in [2.05, 4.69) is 46.5 Å². The Morgan fingerprint density at radius 2 is 1.63 bits per heavy atom. The summed E-state index contributed by atoms with van der Waals surface area (Å²) in [7, 11) is 0. The number of hydrogen-bond acceptors (Lipinski definition) is 6. The fraction of sp³-hybridized carbons (Fsp3) is 0.273. The van der Waals surface area contributed by atoms with Gasteiger partial charge in [0.15, 0.2) is 0 Å². The number of ether oxygens (including phenoxy) is 1. The van der Waals surface area contributed by atoms with Crippen molar-refractivity contribution in [2.24, 2.45) is 0 Å². The molecule has 0 spiro atoms. The maximum absolute atomic E-state index is 12.4. The summed E-state index contributed by atoms with van der Waals surface area (Å²) < 4.78 is 7.53. The number of anilines is 1. The zero-order valence-corrected chi connectivity index (χ0v) is 23.6. The highest BCUT2D eigenvalue weighted by molar-refractivity contribution is 5.90. The lowest BCUT2D eigenvalue weighted by atomic mass is 10.0. The first kappa shape index (κ1) is 26.5. The molecule has 208 valence electrons. The van der Waals surface area contributed by atoms with Crippen LogP contribution < -0.4 is 5.73 Å². The number of nitrogens with zero attached hydrogens (tertiary/aromatic N) is 5. The number of piperidine rings is 1. The van der Waals surface area contributed by atoms with Crippen LogP contribution >= 0.6 is 0 Å². The zero-order valence-electron chi connectivity index (χ0n) is 23.6. The summed E-state index contributed by atoms with van der Waals surface area (Å²) in [5.74, 6) is 0.432. The van der Waals surface area contributed by atoms with Crippen LogP contribution in [0.2, 0.25) is 0 Å². The summed E-state index contributed by atoms with van der Waals surface area (Å²) in [4.78, 5) is 23.4. The van der Waals surface area contributed by atoms with Gasteiger partial charge in [0.2, 0.25) is 0 Å². The molecule has 3 aromatic heterocycles. The second kappa shape index (κ2) is 10.7. The highest BCUT2D eigenvalue weighted by atomic mass is 16.6. The molecule has 1 aliphatic heterocycles. The van der Waals surface area contributed by atoms with Crippen LogP contribution in [0.4, 0.5) is 10.6 Å². The van der Waals surface area contributed by atoms with Gasteiger partial charge in [-0.05, 0) is 68.3 Å². The molecule has 1 fully saturated rings. The zero-order chi connectivity index (χ0) is 28.6. The number of carbonyl (C=O) groups is 1. The predicted molar refractivity (Wildman–Crippen MR) is 162 cm³/mol. The molecule has 0 bridgehead atoms. The lowest BCUT2D eigenvalue weighted by Gasteiger charge is -2.33. The first-order chi connectivity index (χ1) is 19.7. The van der Waals surface area contributed by atoms with Crippen molar-refractivity contribution in [3.63, 3.8) is 0 Å². The summed E-state index contributed by atoms with van der Waals surface area (Å²) in [5.41, 5.74) is 11.6. The first-order valence-corrected chi connectivity index (χ1v) is 14.0. The molecule has 0 aliphatic carbocycles. The van der Waals surface area contributed by atoms with E-state index in [1.807, 2.05) is 68.3 Å². The van der Waals surface area contributed by atoms with Crippen molar-refractivity contribution >= 4 is 22.7 Å². The molecule has 2 N–H and O–H groups in total. The van der Waals surface area contributed by atoms with Crippen LogP contribution in [0.1, 0.15) is 39.7 Å². The van der Waals surface area contributed by atoms with Gasteiger partial charge in [0.25, 0.3) is 0 Å². The topological polar surface area (TPSA) is 99.2 Å². The number of benzene rings is 2. The van der Waals surface area contributed by atoms with Gasteiger partial charge in [-0.2, -0.15) is 5.10 Å². The van der Waals surface area contributed by atoms with E-state index in [-0.39, 0.29) is 12.1 Å². The number of pyridine rings is 2. The van der Waals surface area contributed by atoms with Gasteiger partial charge in [0.1, 0.15) is 11.4 Å². The normalized spacial score (nSPS) is 14.4. The minimum absolute atomic E-state index is 0.213. The molecular formula is C33H34N6O2. The SMILES string of the molecule is CC(C)(C)OC(=O)N1CCC(n2cc(-c3cnc(N)c(-c4cc5cc(-c6ccccc6)ccc5cn4)c3)cn2)CC1. The van der Waals surface area contributed by atoms with Crippen LogP contribution in [0.25, 0.3) is 44.3 Å². The van der Waals surface area contributed by atoms with Crippen molar-refractivity contribution in [2.75, 3.05) is 18.8 Å². The van der Waals surface area contributed by atoms with Gasteiger partial charge in [-0.3, -0.25) is 9.67 Å². The van der Waals surface area contributed by atoms with Crippen molar-refractivity contribution in [2.45, 2.75) is 45.3 Å². The standard InChI is InChI=1S/C33H34N6O2/c1-33(2,3)41-32(40)38-13-11-28(12-14-38)39-21-27(20-37-39)26-16-29(31(34)36-19-26)30-17-25-15-23(9-10-24(25)18-35-30)22-7-5-4-6-8-22/h4-10,15-21,28H,11-14H2,1-3H3,(H2,34,36). The average Bonchev–Trinajstić information content (AvgIpc) is 3.47. The summed E-state index contributed by atoms with van der Waals surface area (Å²) in [6.45, 7) is 6.94. The Balaban J connectivity index is 1.22. The molecule has 0 unspecified atom stereocenters. The van der Waals surface area contributed by atoms with Crippen LogP contribution in [0.5, 0.6) is 0 Å². The van der Waals surface area contributed by atoms with Gasteiger partial charge in [-0.15, -0.1) is 0 Å². The number of fused-ring (bicyclic) bond motifs is 1. The third-order valence-corrected chi connectivity index (χ3v) is 7.45. The van der Waals surface area contributed by atoms with Crippen LogP contribution in [0.15, 0.2) is 85.5 Å². The third-order valence-electron chi connectivity index (χ3n) is 7.45. The van der Waals surface area contributed by atoms with E-state index < -0.39 is 5.60 Å². The molecule has 6 rings (SSSR count). The minimum atomic E-state index is -0.496. The van der Waals surface area contributed by atoms with Gasteiger partial charge in [-0.1, -0.05) is 42.5 Å². The Morgan fingerprint density at radius 3 is 2.39 bits per heavy atom. The summed E-state index contributed by atoms with van der Waals surface area (Å²) in [5, 5.41) is 6.81. The van der Waals surface area contributed by atoms with Crippen molar-refractivity contribution in [3.8, 4) is 33.5 Å². The fourth-order valence-electron chi connectivity index (χ4n) is 5.26. The van der Waals surface area contributed by atoms with Gasteiger partial charge in [-0.25, -0.2) is 9.78 Å². The summed E-state index contributed by atoms with van der Waals surface area (Å²) in [6.07, 6.45) is 8.95. The summed E-state index contributed by atoms with van der Waals surface area (Å²) in [6, 6.07) is 21.0. The molecule has 1 saturated heterocycles. The van der Waals surface area contributed by atoms with Gasteiger partial charge in [0.05, 0.1) is 17.9 Å². The number of amides is 1. The third kappa shape index (κ3) is 5.77. The van der Waals surface area contributed by atoms with Crippen LogP contribution in [0.3, 0.4) is 0 Å². The lowest BCUT2D eigenvalue weighted by Crippen LogP contribution is -2.42. The number of aromatic nitrogens is 4. The second-order valence-corrected chi connectivity index (χ2v) is 11.6. The first-order valence-electron chi connectivity index (χ1n) is 14.0. The molecule has 0 saturated carbocycles. The minimum Gasteiger partial charge on any atom is -0.444 e. The molecule has 4 heterocycles. The molecule has 2 aromatic carbocycles. The van der Waals surface area contributed by atoms with Crippen LogP contribution in [-0.2, 0) is 4.74 Å². The Morgan fingerprint density at radius 1 is 0.854 bits per heavy atom. The van der Waals surface area contributed by atoms with Gasteiger partial charge >= 0.3 is 6.09 Å². The van der Waals surface area contributed by atoms with Crippen molar-refractivity contribution in [1.29, 1.82) is 0 Å². The van der Waals surface area contributed by atoms with E-state index in [0.29, 0.717) is 18.9 Å². The maximum atomic E-state index is 12.4. The van der Waals surface area contributed by atoms with Crippen molar-refractivity contribution in [1.82, 2.24) is 24.6 Å². The molecule has 0 radical (unpaired) electrons. The summed E-state index contributed by atoms with van der Waals surface area (Å²) >= 11 is 0. The average molecular weight is 547 g/mol. The molecule has 5 aromatic rings. The van der Waals surface area contributed by atoms with E-state index in [0.717, 1.165) is 51.6 Å². The van der Waals surface area contributed by atoms with Gasteiger partial charge < -0.3 is 15.4 Å². The Labute approximate surface area is 239 Å². The van der Waals surface area contributed by atoms with Gasteiger partial charge in [0, 0.05) is 53.8 Å². The maximum Gasteiger partial charge on any atom is 0.410 e. The molecule has 8 heteroatoms. The number of nitrogens with two attached hydrogens (primary N) is 1. The largest absolute Gasteiger partial charge is 0.444 e. The number of rotatable bonds is 4. The van der Waals surface area contributed by atoms with E-state index in [1.54, 1.807) is 11.1 Å². The smallest absolute Gasteiger partial charge is 0.410 e. The number of carbonyl (C=O) groups excluding carboxylic acids is 1. The quantitative estimate of drug-likeness (QED) is 0.261. The van der Waals surface area contributed by atoms with Crippen molar-refractivity contribution < 1.29 is 9.53 Å². The van der Waals surface area contributed by atoms with E-state index in [4.69, 9.17) is 15.5 Å². The van der Waals surface area contributed by atoms with Crippen LogP contribution in [-0.4, -0.2) is 49.4 Å². The molecule has 1 aliphatic rings. The molecule has 0 atom stereocenters. The molecule has 8 nitrogen and oxygen atoms in total. The number of hydrogen-bond donors (Lipinski definition) is 1. The van der Waals surface area contributed by atoms with E-state index >= 15 is 0 Å². The van der Waals surface area contributed by atoms with Crippen molar-refractivity contribution in [3.05, 3.63) is 85.5 Å². The lowest BCUT2D eigenvalue weighted by molar-refractivity contribution is 0.0185.